The van der Waals surface area contributed by atoms with Crippen molar-refractivity contribution in [3.8, 4) is 0 Å². The van der Waals surface area contributed by atoms with E-state index >= 15 is 0 Å². The Morgan fingerprint density at radius 3 is 2.61 bits per heavy atom. The van der Waals surface area contributed by atoms with Gasteiger partial charge in [0.1, 0.15) is 0 Å². The number of rotatable bonds is 8. The Morgan fingerprint density at radius 1 is 1.36 bits per heavy atom. The van der Waals surface area contributed by atoms with Gasteiger partial charge in [0.15, 0.2) is 5.96 Å². The van der Waals surface area contributed by atoms with Gasteiger partial charge in [-0.15, -0.1) is 0 Å². The molecule has 1 fully saturated rings. The molecule has 1 aromatic heterocycles. The number of carbonyl (C=O) groups excluding carboxylic acids is 1. The number of guanidine groups is 1. The highest BCUT2D eigenvalue weighted by Crippen LogP contribution is 2.25. The molecule has 1 heterocycles. The number of carbonyl (C=O) groups is 1. The van der Waals surface area contributed by atoms with Gasteiger partial charge >= 0.3 is 5.97 Å². The van der Waals surface area contributed by atoms with Crippen LogP contribution in [0.4, 0.5) is 0 Å². The second-order valence-corrected chi connectivity index (χ2v) is 7.59. The molecule has 158 valence electrons. The van der Waals surface area contributed by atoms with Gasteiger partial charge in [0.2, 0.25) is 0 Å². The van der Waals surface area contributed by atoms with Crippen molar-refractivity contribution in [2.75, 3.05) is 33.8 Å². The van der Waals surface area contributed by atoms with Gasteiger partial charge in [0.05, 0.1) is 31.3 Å². The first-order chi connectivity index (χ1) is 13.4. The van der Waals surface area contributed by atoms with Crippen molar-refractivity contribution in [1.29, 1.82) is 0 Å². The SMILES string of the molecule is CCNC(=NCC(c1cnn(C)c1)N(C)C)NC1CCC(C(=O)OCC)CC1. The minimum absolute atomic E-state index is 0.0428. The standard InChI is InChI=1S/C20H36N6O2/c1-6-21-20(22-13-18(25(3)4)16-12-23-26(5)14-16)24-17-10-8-15(9-11-17)19(27)28-7-2/h12,14-15,17-18H,6-11,13H2,1-5H3,(H2,21,22,24). The normalized spacial score (nSPS) is 21.4. The molecule has 8 heteroatoms. The summed E-state index contributed by atoms with van der Waals surface area (Å²) in [6.07, 6.45) is 7.58. The molecule has 0 bridgehead atoms. The summed E-state index contributed by atoms with van der Waals surface area (Å²) < 4.78 is 6.98. The van der Waals surface area contributed by atoms with E-state index in [4.69, 9.17) is 9.73 Å². The molecule has 0 aromatic carbocycles. The number of likely N-dealkylation sites (N-methyl/N-ethyl adjacent to an activating group) is 1. The lowest BCUT2D eigenvalue weighted by molar-refractivity contribution is -0.149. The first-order valence-electron chi connectivity index (χ1n) is 10.3. The molecule has 1 aliphatic rings. The lowest BCUT2D eigenvalue weighted by Crippen LogP contribution is -2.45. The predicted molar refractivity (Wildman–Crippen MR) is 111 cm³/mol. The molecule has 1 aromatic rings. The first kappa shape index (κ1) is 22.2. The lowest BCUT2D eigenvalue weighted by Gasteiger charge is -2.29. The largest absolute Gasteiger partial charge is 0.466 e. The minimum Gasteiger partial charge on any atom is -0.466 e. The smallest absolute Gasteiger partial charge is 0.308 e. The number of aliphatic imine (C=N–C) groups is 1. The maximum atomic E-state index is 11.9. The van der Waals surface area contributed by atoms with Crippen molar-refractivity contribution in [3.63, 3.8) is 0 Å². The Kier molecular flexibility index (Phi) is 8.76. The molecule has 0 radical (unpaired) electrons. The molecule has 0 saturated heterocycles. The van der Waals surface area contributed by atoms with Gasteiger partial charge in [0, 0.05) is 31.4 Å². The number of ether oxygens (including phenoxy) is 1. The number of esters is 1. The van der Waals surface area contributed by atoms with E-state index in [2.05, 4.69) is 41.7 Å². The average molecular weight is 393 g/mol. The van der Waals surface area contributed by atoms with Crippen molar-refractivity contribution in [3.05, 3.63) is 18.0 Å². The Labute approximate surface area is 168 Å². The third-order valence-corrected chi connectivity index (χ3v) is 5.19. The van der Waals surface area contributed by atoms with Crippen LogP contribution in [0.3, 0.4) is 0 Å². The highest BCUT2D eigenvalue weighted by atomic mass is 16.5. The van der Waals surface area contributed by atoms with Crippen LogP contribution in [-0.2, 0) is 16.6 Å². The summed E-state index contributed by atoms with van der Waals surface area (Å²) in [5, 5.41) is 11.2. The van der Waals surface area contributed by atoms with Crippen LogP contribution in [0.25, 0.3) is 0 Å². The molecular formula is C20H36N6O2. The van der Waals surface area contributed by atoms with Crippen LogP contribution in [0.5, 0.6) is 0 Å². The van der Waals surface area contributed by atoms with E-state index in [1.54, 1.807) is 0 Å². The van der Waals surface area contributed by atoms with E-state index in [0.29, 0.717) is 19.2 Å². The molecule has 2 N–H and O–H groups in total. The van der Waals surface area contributed by atoms with Crippen LogP contribution in [0.15, 0.2) is 17.4 Å². The number of nitrogens with zero attached hydrogens (tertiary/aromatic N) is 4. The molecule has 1 unspecified atom stereocenters. The highest BCUT2D eigenvalue weighted by molar-refractivity contribution is 5.80. The highest BCUT2D eigenvalue weighted by Gasteiger charge is 2.27. The zero-order valence-corrected chi connectivity index (χ0v) is 17.9. The Balaban J connectivity index is 1.94. The summed E-state index contributed by atoms with van der Waals surface area (Å²) in [5.41, 5.74) is 1.15. The number of nitrogens with one attached hydrogen (secondary N) is 2. The van der Waals surface area contributed by atoms with Gasteiger partial charge in [-0.3, -0.25) is 14.5 Å². The fourth-order valence-electron chi connectivity index (χ4n) is 3.60. The van der Waals surface area contributed by atoms with Gasteiger partial charge < -0.3 is 20.3 Å². The summed E-state index contributed by atoms with van der Waals surface area (Å²) in [7, 11) is 6.05. The van der Waals surface area contributed by atoms with Crippen molar-refractivity contribution >= 4 is 11.9 Å². The summed E-state index contributed by atoms with van der Waals surface area (Å²) in [4.78, 5) is 18.9. The van der Waals surface area contributed by atoms with Gasteiger partial charge in [-0.2, -0.15) is 5.10 Å². The summed E-state index contributed by atoms with van der Waals surface area (Å²) in [6, 6.07) is 0.503. The van der Waals surface area contributed by atoms with Gasteiger partial charge in [-0.1, -0.05) is 0 Å². The van der Waals surface area contributed by atoms with Crippen molar-refractivity contribution in [2.45, 2.75) is 51.6 Å². The van der Waals surface area contributed by atoms with Crippen molar-refractivity contribution < 1.29 is 9.53 Å². The fraction of sp³-hybridized carbons (Fsp3) is 0.750. The van der Waals surface area contributed by atoms with Crippen LogP contribution in [0, 0.1) is 5.92 Å². The van der Waals surface area contributed by atoms with E-state index in [-0.39, 0.29) is 17.9 Å². The maximum absolute atomic E-state index is 11.9. The first-order valence-corrected chi connectivity index (χ1v) is 10.3. The molecule has 2 rings (SSSR count). The molecule has 1 saturated carbocycles. The summed E-state index contributed by atoms with van der Waals surface area (Å²) >= 11 is 0. The van der Waals surface area contributed by atoms with Crippen LogP contribution < -0.4 is 10.6 Å². The Bertz CT molecular complexity index is 634. The molecule has 0 amide bonds. The van der Waals surface area contributed by atoms with Crippen LogP contribution >= 0.6 is 0 Å². The maximum Gasteiger partial charge on any atom is 0.308 e. The quantitative estimate of drug-likeness (QED) is 0.398. The fourth-order valence-corrected chi connectivity index (χ4v) is 3.60. The summed E-state index contributed by atoms with van der Waals surface area (Å²) in [5.74, 6) is 0.825. The monoisotopic (exact) mass is 392 g/mol. The van der Waals surface area contributed by atoms with Gasteiger partial charge in [0.25, 0.3) is 0 Å². The molecule has 1 aliphatic carbocycles. The molecule has 0 aliphatic heterocycles. The molecule has 28 heavy (non-hydrogen) atoms. The van der Waals surface area contributed by atoms with E-state index in [0.717, 1.165) is 43.8 Å². The summed E-state index contributed by atoms with van der Waals surface area (Å²) in [6.45, 7) is 5.84. The molecule has 0 spiro atoms. The second kappa shape index (κ2) is 11.0. The van der Waals surface area contributed by atoms with Gasteiger partial charge in [-0.05, 0) is 53.6 Å². The lowest BCUT2D eigenvalue weighted by atomic mass is 9.86. The van der Waals surface area contributed by atoms with Crippen LogP contribution in [-0.4, -0.2) is 66.4 Å². The minimum atomic E-state index is -0.0492. The Morgan fingerprint density at radius 2 is 2.07 bits per heavy atom. The Hall–Kier alpha value is -2.09. The molecular weight excluding hydrogens is 356 g/mol. The number of aromatic nitrogens is 2. The zero-order chi connectivity index (χ0) is 20.5. The van der Waals surface area contributed by atoms with E-state index < -0.39 is 0 Å². The third-order valence-electron chi connectivity index (χ3n) is 5.19. The van der Waals surface area contributed by atoms with E-state index in [9.17, 15) is 4.79 Å². The van der Waals surface area contributed by atoms with Crippen molar-refractivity contribution in [2.24, 2.45) is 18.0 Å². The number of hydrogen-bond acceptors (Lipinski definition) is 5. The number of aryl methyl sites for hydroxylation is 1. The van der Waals surface area contributed by atoms with Gasteiger partial charge in [-0.25, -0.2) is 0 Å². The van der Waals surface area contributed by atoms with Crippen LogP contribution in [0.1, 0.15) is 51.1 Å². The topological polar surface area (TPSA) is 83.8 Å². The zero-order valence-electron chi connectivity index (χ0n) is 17.9. The van der Waals surface area contributed by atoms with E-state index in [1.807, 2.05) is 31.0 Å². The van der Waals surface area contributed by atoms with E-state index in [1.165, 1.54) is 0 Å². The average Bonchev–Trinajstić information content (AvgIpc) is 3.08. The van der Waals surface area contributed by atoms with Crippen LogP contribution in [0.2, 0.25) is 0 Å². The van der Waals surface area contributed by atoms with Crippen molar-refractivity contribution in [1.82, 2.24) is 25.3 Å². The second-order valence-electron chi connectivity index (χ2n) is 7.59. The number of hydrogen-bond donors (Lipinski definition) is 2. The molecule has 1 atom stereocenters. The third kappa shape index (κ3) is 6.51. The molecule has 8 nitrogen and oxygen atoms in total. The predicted octanol–water partition coefficient (Wildman–Crippen LogP) is 1.70.